The molecular formula is C15H25N5O. The van der Waals surface area contributed by atoms with Crippen LogP contribution in [-0.4, -0.2) is 34.8 Å². The lowest BCUT2D eigenvalue weighted by molar-refractivity contribution is 0.318. The van der Waals surface area contributed by atoms with E-state index in [1.807, 2.05) is 20.9 Å². The molecule has 1 saturated carbocycles. The number of anilines is 1. The number of aryl methyl sites for hydroxylation is 1. The highest BCUT2D eigenvalue weighted by Crippen LogP contribution is 2.27. The molecule has 1 aliphatic carbocycles. The van der Waals surface area contributed by atoms with Gasteiger partial charge in [0, 0.05) is 13.6 Å². The van der Waals surface area contributed by atoms with Gasteiger partial charge in [-0.2, -0.15) is 5.10 Å². The summed E-state index contributed by atoms with van der Waals surface area (Å²) in [7, 11) is 2.00. The fraction of sp³-hybridized carbons (Fsp3) is 0.667. The van der Waals surface area contributed by atoms with Crippen molar-refractivity contribution in [2.45, 2.75) is 46.0 Å². The molecular weight excluding hydrogens is 266 g/mol. The molecule has 0 atom stereocenters. The molecule has 0 amide bonds. The molecule has 0 saturated heterocycles. The van der Waals surface area contributed by atoms with Crippen molar-refractivity contribution in [1.29, 1.82) is 0 Å². The number of oxime groups is 1. The number of nitrogens with zero attached hydrogens (tertiary/aromatic N) is 4. The second-order valence-corrected chi connectivity index (χ2v) is 5.98. The van der Waals surface area contributed by atoms with Crippen LogP contribution >= 0.6 is 0 Å². The second-order valence-electron chi connectivity index (χ2n) is 5.98. The number of rotatable bonds is 4. The Bertz CT molecular complexity index is 523. The van der Waals surface area contributed by atoms with E-state index in [-0.39, 0.29) is 5.84 Å². The van der Waals surface area contributed by atoms with E-state index in [0.29, 0.717) is 17.3 Å². The van der Waals surface area contributed by atoms with E-state index in [2.05, 4.69) is 20.3 Å². The SMILES string of the molecule is Cc1nnc(N(C)CC2CCCCC2)c(C(N)=NO)c1C. The maximum absolute atomic E-state index is 9.03. The van der Waals surface area contributed by atoms with Gasteiger partial charge in [0.25, 0.3) is 0 Å². The monoisotopic (exact) mass is 291 g/mol. The predicted molar refractivity (Wildman–Crippen MR) is 83.9 cm³/mol. The maximum atomic E-state index is 9.03. The summed E-state index contributed by atoms with van der Waals surface area (Å²) in [6.45, 7) is 4.74. The molecule has 6 nitrogen and oxygen atoms in total. The van der Waals surface area contributed by atoms with Crippen LogP contribution in [0, 0.1) is 19.8 Å². The van der Waals surface area contributed by atoms with Crippen LogP contribution in [0.15, 0.2) is 5.16 Å². The summed E-state index contributed by atoms with van der Waals surface area (Å²) in [6.07, 6.45) is 6.50. The Kier molecular flexibility index (Phi) is 4.98. The summed E-state index contributed by atoms with van der Waals surface area (Å²) in [6, 6.07) is 0. The lowest BCUT2D eigenvalue weighted by Crippen LogP contribution is -2.31. The van der Waals surface area contributed by atoms with Crippen molar-refractivity contribution in [1.82, 2.24) is 10.2 Å². The summed E-state index contributed by atoms with van der Waals surface area (Å²) in [5.41, 5.74) is 8.23. The molecule has 1 aliphatic rings. The molecule has 3 N–H and O–H groups in total. The van der Waals surface area contributed by atoms with Crippen molar-refractivity contribution >= 4 is 11.7 Å². The van der Waals surface area contributed by atoms with Crippen LogP contribution in [0.3, 0.4) is 0 Å². The highest BCUT2D eigenvalue weighted by Gasteiger charge is 2.21. The molecule has 1 heterocycles. The van der Waals surface area contributed by atoms with Crippen molar-refractivity contribution < 1.29 is 5.21 Å². The first kappa shape index (κ1) is 15.5. The number of hydrogen-bond acceptors (Lipinski definition) is 5. The summed E-state index contributed by atoms with van der Waals surface area (Å²) in [5.74, 6) is 1.47. The molecule has 2 rings (SSSR count). The number of aromatic nitrogens is 2. The van der Waals surface area contributed by atoms with Crippen LogP contribution in [0.2, 0.25) is 0 Å². The smallest absolute Gasteiger partial charge is 0.174 e. The van der Waals surface area contributed by atoms with E-state index in [4.69, 9.17) is 10.9 Å². The van der Waals surface area contributed by atoms with Gasteiger partial charge in [0.1, 0.15) is 0 Å². The van der Waals surface area contributed by atoms with Gasteiger partial charge in [0.05, 0.1) is 11.3 Å². The minimum Gasteiger partial charge on any atom is -0.409 e. The average Bonchev–Trinajstić information content (AvgIpc) is 2.50. The zero-order valence-corrected chi connectivity index (χ0v) is 13.1. The van der Waals surface area contributed by atoms with Crippen molar-refractivity contribution in [3.63, 3.8) is 0 Å². The van der Waals surface area contributed by atoms with E-state index in [1.54, 1.807) is 0 Å². The summed E-state index contributed by atoms with van der Waals surface area (Å²) in [5, 5.41) is 20.6. The molecule has 116 valence electrons. The van der Waals surface area contributed by atoms with Gasteiger partial charge < -0.3 is 15.8 Å². The number of amidine groups is 1. The van der Waals surface area contributed by atoms with Gasteiger partial charge in [-0.25, -0.2) is 0 Å². The summed E-state index contributed by atoms with van der Waals surface area (Å²) >= 11 is 0. The lowest BCUT2D eigenvalue weighted by Gasteiger charge is -2.28. The third-order valence-electron chi connectivity index (χ3n) is 4.42. The van der Waals surface area contributed by atoms with Crippen molar-refractivity contribution in [2.75, 3.05) is 18.5 Å². The molecule has 0 aliphatic heterocycles. The van der Waals surface area contributed by atoms with Crippen LogP contribution < -0.4 is 10.6 Å². The minimum absolute atomic E-state index is 0.0935. The average molecular weight is 291 g/mol. The van der Waals surface area contributed by atoms with Crippen LogP contribution in [0.4, 0.5) is 5.82 Å². The molecule has 0 aromatic carbocycles. The van der Waals surface area contributed by atoms with E-state index in [1.165, 1.54) is 32.1 Å². The van der Waals surface area contributed by atoms with Crippen LogP contribution in [-0.2, 0) is 0 Å². The van der Waals surface area contributed by atoms with Crippen LogP contribution in [0.1, 0.15) is 48.9 Å². The van der Waals surface area contributed by atoms with E-state index in [9.17, 15) is 0 Å². The first-order valence-corrected chi connectivity index (χ1v) is 7.57. The minimum atomic E-state index is 0.0935. The maximum Gasteiger partial charge on any atom is 0.174 e. The normalized spacial score (nSPS) is 17.0. The Hall–Kier alpha value is -1.85. The Balaban J connectivity index is 2.27. The molecule has 21 heavy (non-hydrogen) atoms. The molecule has 0 spiro atoms. The first-order valence-electron chi connectivity index (χ1n) is 7.57. The third kappa shape index (κ3) is 3.43. The second kappa shape index (κ2) is 6.74. The molecule has 0 bridgehead atoms. The van der Waals surface area contributed by atoms with E-state index >= 15 is 0 Å². The lowest BCUT2D eigenvalue weighted by atomic mass is 9.89. The zero-order valence-electron chi connectivity index (χ0n) is 13.1. The topological polar surface area (TPSA) is 87.6 Å². The van der Waals surface area contributed by atoms with E-state index < -0.39 is 0 Å². The van der Waals surface area contributed by atoms with Gasteiger partial charge >= 0.3 is 0 Å². The Morgan fingerprint density at radius 3 is 2.57 bits per heavy atom. The predicted octanol–water partition coefficient (Wildman–Crippen LogP) is 2.20. The van der Waals surface area contributed by atoms with Gasteiger partial charge in [-0.05, 0) is 38.2 Å². The van der Waals surface area contributed by atoms with Crippen molar-refractivity contribution in [3.8, 4) is 0 Å². The van der Waals surface area contributed by atoms with Crippen LogP contribution in [0.25, 0.3) is 0 Å². The first-order chi connectivity index (χ1) is 10.0. The van der Waals surface area contributed by atoms with Crippen molar-refractivity contribution in [3.05, 3.63) is 16.8 Å². The fourth-order valence-electron chi connectivity index (χ4n) is 3.06. The highest BCUT2D eigenvalue weighted by molar-refractivity contribution is 6.02. The zero-order chi connectivity index (χ0) is 15.4. The quantitative estimate of drug-likeness (QED) is 0.384. The van der Waals surface area contributed by atoms with Crippen molar-refractivity contribution in [2.24, 2.45) is 16.8 Å². The summed E-state index contributed by atoms with van der Waals surface area (Å²) < 4.78 is 0. The number of nitrogens with two attached hydrogens (primary N) is 1. The van der Waals surface area contributed by atoms with Gasteiger partial charge in [-0.15, -0.1) is 5.10 Å². The molecule has 1 aromatic heterocycles. The molecule has 1 aromatic rings. The van der Waals surface area contributed by atoms with Gasteiger partial charge in [-0.1, -0.05) is 24.4 Å². The standard InChI is InChI=1S/C15H25N5O/c1-10-11(2)17-18-15(13(10)14(16)19-21)20(3)9-12-7-5-4-6-8-12/h12,21H,4-9H2,1-3H3,(H2,16,19). The van der Waals surface area contributed by atoms with E-state index in [0.717, 1.165) is 17.8 Å². The summed E-state index contributed by atoms with van der Waals surface area (Å²) in [4.78, 5) is 2.09. The highest BCUT2D eigenvalue weighted by atomic mass is 16.4. The van der Waals surface area contributed by atoms with Crippen LogP contribution in [0.5, 0.6) is 0 Å². The molecule has 1 fully saturated rings. The molecule has 6 heteroatoms. The third-order valence-corrected chi connectivity index (χ3v) is 4.42. The van der Waals surface area contributed by atoms with Gasteiger partial charge in [0.2, 0.25) is 0 Å². The van der Waals surface area contributed by atoms with Gasteiger partial charge in [0.15, 0.2) is 11.7 Å². The fourth-order valence-corrected chi connectivity index (χ4v) is 3.06. The Morgan fingerprint density at radius 2 is 1.95 bits per heavy atom. The Labute approximate surface area is 126 Å². The number of hydrogen-bond donors (Lipinski definition) is 2. The Morgan fingerprint density at radius 1 is 1.29 bits per heavy atom. The molecule has 0 unspecified atom stereocenters. The largest absolute Gasteiger partial charge is 0.409 e. The van der Waals surface area contributed by atoms with Gasteiger partial charge in [-0.3, -0.25) is 0 Å². The molecule has 0 radical (unpaired) electrons.